The van der Waals surface area contributed by atoms with E-state index in [2.05, 4.69) is 27.5 Å². The Labute approximate surface area is 103 Å². The van der Waals surface area contributed by atoms with Gasteiger partial charge in [-0.25, -0.2) is 4.39 Å². The Hall–Kier alpha value is -0.0600. The third kappa shape index (κ3) is 5.00. The van der Waals surface area contributed by atoms with Gasteiger partial charge in [0.15, 0.2) is 0 Å². The molecule has 1 aromatic rings. The van der Waals surface area contributed by atoms with Gasteiger partial charge in [0.05, 0.1) is 4.47 Å². The van der Waals surface area contributed by atoms with Crippen LogP contribution in [0.1, 0.15) is 12.0 Å². The van der Waals surface area contributed by atoms with Gasteiger partial charge < -0.3 is 5.32 Å². The van der Waals surface area contributed by atoms with Crippen molar-refractivity contribution < 1.29 is 4.39 Å². The molecule has 0 aliphatic heterocycles. The molecule has 1 nitrogen and oxygen atoms in total. The molecular formula is C11H15BrFNS. The molecule has 84 valence electrons. The Morgan fingerprint density at radius 3 is 2.93 bits per heavy atom. The van der Waals surface area contributed by atoms with Gasteiger partial charge >= 0.3 is 0 Å². The maximum Gasteiger partial charge on any atom is 0.137 e. The number of halogens is 2. The predicted molar refractivity (Wildman–Crippen MR) is 68.8 cm³/mol. The van der Waals surface area contributed by atoms with Crippen molar-refractivity contribution in [3.05, 3.63) is 34.1 Å². The van der Waals surface area contributed by atoms with Crippen molar-refractivity contribution in [2.45, 2.75) is 13.0 Å². The quantitative estimate of drug-likeness (QED) is 0.806. The van der Waals surface area contributed by atoms with Crippen molar-refractivity contribution in [2.24, 2.45) is 0 Å². The zero-order chi connectivity index (χ0) is 11.1. The Morgan fingerprint density at radius 1 is 1.47 bits per heavy atom. The molecule has 0 spiro atoms. The summed E-state index contributed by atoms with van der Waals surface area (Å²) in [5.74, 6) is 0.972. The topological polar surface area (TPSA) is 12.0 Å². The molecule has 0 aliphatic rings. The van der Waals surface area contributed by atoms with Crippen LogP contribution in [0.3, 0.4) is 0 Å². The molecule has 0 aromatic heterocycles. The number of benzene rings is 1. The van der Waals surface area contributed by atoms with E-state index in [1.807, 2.05) is 17.8 Å². The van der Waals surface area contributed by atoms with Crippen molar-refractivity contribution in [2.75, 3.05) is 18.6 Å². The molecule has 1 N–H and O–H groups in total. The summed E-state index contributed by atoms with van der Waals surface area (Å²) in [6.07, 6.45) is 3.25. The second kappa shape index (κ2) is 7.25. The van der Waals surface area contributed by atoms with E-state index >= 15 is 0 Å². The Morgan fingerprint density at radius 2 is 2.27 bits per heavy atom. The summed E-state index contributed by atoms with van der Waals surface area (Å²) < 4.78 is 13.7. The smallest absolute Gasteiger partial charge is 0.137 e. The van der Waals surface area contributed by atoms with Gasteiger partial charge in [0.1, 0.15) is 5.82 Å². The van der Waals surface area contributed by atoms with Crippen LogP contribution >= 0.6 is 27.7 Å². The number of thioether (sulfide) groups is 1. The van der Waals surface area contributed by atoms with Crippen LogP contribution in [0.4, 0.5) is 4.39 Å². The lowest BCUT2D eigenvalue weighted by molar-refractivity contribution is 0.613. The molecule has 0 fully saturated rings. The predicted octanol–water partition coefficient (Wildman–Crippen LogP) is 3.43. The minimum Gasteiger partial charge on any atom is -0.313 e. The monoisotopic (exact) mass is 291 g/mol. The summed E-state index contributed by atoms with van der Waals surface area (Å²) in [6, 6.07) is 5.23. The third-order valence-electron chi connectivity index (χ3n) is 2.02. The van der Waals surface area contributed by atoms with Crippen molar-refractivity contribution >= 4 is 27.7 Å². The first-order valence-electron chi connectivity index (χ1n) is 4.87. The fourth-order valence-corrected chi connectivity index (χ4v) is 1.90. The van der Waals surface area contributed by atoms with Gasteiger partial charge in [-0.05, 0) is 58.6 Å². The zero-order valence-electron chi connectivity index (χ0n) is 8.72. The van der Waals surface area contributed by atoms with E-state index in [0.29, 0.717) is 4.47 Å². The molecule has 1 aromatic carbocycles. The van der Waals surface area contributed by atoms with Crippen LogP contribution in [-0.4, -0.2) is 18.6 Å². The maximum atomic E-state index is 13.1. The van der Waals surface area contributed by atoms with Crippen LogP contribution in [0.2, 0.25) is 0 Å². The van der Waals surface area contributed by atoms with Crippen LogP contribution in [0.5, 0.6) is 0 Å². The van der Waals surface area contributed by atoms with E-state index in [0.717, 1.165) is 25.1 Å². The SMILES string of the molecule is CSCCCNCc1ccc(Br)c(F)c1. The number of rotatable bonds is 6. The summed E-state index contributed by atoms with van der Waals surface area (Å²) in [4.78, 5) is 0. The van der Waals surface area contributed by atoms with Crippen LogP contribution in [0, 0.1) is 5.82 Å². The summed E-state index contributed by atoms with van der Waals surface area (Å²) >= 11 is 4.98. The molecule has 0 atom stereocenters. The Kier molecular flexibility index (Phi) is 6.29. The fourth-order valence-electron chi connectivity index (χ4n) is 1.22. The molecule has 4 heteroatoms. The summed E-state index contributed by atoms with van der Waals surface area (Å²) in [5.41, 5.74) is 0.986. The Balaban J connectivity index is 2.28. The van der Waals surface area contributed by atoms with Gasteiger partial charge in [-0.15, -0.1) is 0 Å². The minimum atomic E-state index is -0.196. The van der Waals surface area contributed by atoms with Crippen LogP contribution in [0.25, 0.3) is 0 Å². The molecule has 0 radical (unpaired) electrons. The highest BCUT2D eigenvalue weighted by atomic mass is 79.9. The number of hydrogen-bond donors (Lipinski definition) is 1. The van der Waals surface area contributed by atoms with Gasteiger partial charge in [-0.1, -0.05) is 6.07 Å². The summed E-state index contributed by atoms with van der Waals surface area (Å²) in [5, 5.41) is 3.29. The summed E-state index contributed by atoms with van der Waals surface area (Å²) in [6.45, 7) is 1.72. The molecule has 0 bridgehead atoms. The number of nitrogens with one attached hydrogen (secondary N) is 1. The fraction of sp³-hybridized carbons (Fsp3) is 0.455. The van der Waals surface area contributed by atoms with Gasteiger partial charge in [0, 0.05) is 6.54 Å². The normalized spacial score (nSPS) is 10.6. The standard InChI is InChI=1S/C11H15BrFNS/c1-15-6-2-5-14-8-9-3-4-10(12)11(13)7-9/h3-4,7,14H,2,5-6,8H2,1H3. The largest absolute Gasteiger partial charge is 0.313 e. The lowest BCUT2D eigenvalue weighted by Crippen LogP contribution is -2.15. The Bertz CT molecular complexity index is 307. The highest BCUT2D eigenvalue weighted by molar-refractivity contribution is 9.10. The van der Waals surface area contributed by atoms with Gasteiger partial charge in [-0.2, -0.15) is 11.8 Å². The molecule has 0 saturated heterocycles. The van der Waals surface area contributed by atoms with E-state index in [-0.39, 0.29) is 5.82 Å². The third-order valence-corrected chi connectivity index (χ3v) is 3.36. The molecular weight excluding hydrogens is 277 g/mol. The first-order valence-corrected chi connectivity index (χ1v) is 7.06. The highest BCUT2D eigenvalue weighted by Crippen LogP contribution is 2.16. The van der Waals surface area contributed by atoms with Crippen molar-refractivity contribution in [1.82, 2.24) is 5.32 Å². The van der Waals surface area contributed by atoms with E-state index < -0.39 is 0 Å². The van der Waals surface area contributed by atoms with Crippen LogP contribution in [-0.2, 0) is 6.54 Å². The summed E-state index contributed by atoms with van der Waals surface area (Å²) in [7, 11) is 0. The van der Waals surface area contributed by atoms with Gasteiger partial charge in [0.25, 0.3) is 0 Å². The van der Waals surface area contributed by atoms with Crippen molar-refractivity contribution in [3.63, 3.8) is 0 Å². The molecule has 0 aliphatic carbocycles. The second-order valence-electron chi connectivity index (χ2n) is 3.27. The van der Waals surface area contributed by atoms with E-state index in [9.17, 15) is 4.39 Å². The first kappa shape index (κ1) is 13.0. The molecule has 1 rings (SSSR count). The van der Waals surface area contributed by atoms with E-state index in [1.54, 1.807) is 12.1 Å². The van der Waals surface area contributed by atoms with Crippen molar-refractivity contribution in [3.8, 4) is 0 Å². The average Bonchev–Trinajstić information content (AvgIpc) is 2.23. The van der Waals surface area contributed by atoms with Crippen LogP contribution in [0.15, 0.2) is 22.7 Å². The van der Waals surface area contributed by atoms with E-state index in [4.69, 9.17) is 0 Å². The lowest BCUT2D eigenvalue weighted by Gasteiger charge is -2.05. The number of hydrogen-bond acceptors (Lipinski definition) is 2. The maximum absolute atomic E-state index is 13.1. The average molecular weight is 292 g/mol. The van der Waals surface area contributed by atoms with Gasteiger partial charge in [-0.3, -0.25) is 0 Å². The molecule has 0 unspecified atom stereocenters. The second-order valence-corrected chi connectivity index (χ2v) is 5.11. The van der Waals surface area contributed by atoms with Gasteiger partial charge in [0.2, 0.25) is 0 Å². The highest BCUT2D eigenvalue weighted by Gasteiger charge is 1.99. The molecule has 0 saturated carbocycles. The minimum absolute atomic E-state index is 0.196. The van der Waals surface area contributed by atoms with Crippen molar-refractivity contribution in [1.29, 1.82) is 0 Å². The van der Waals surface area contributed by atoms with E-state index in [1.165, 1.54) is 5.75 Å². The first-order chi connectivity index (χ1) is 7.24. The van der Waals surface area contributed by atoms with Crippen LogP contribution < -0.4 is 5.32 Å². The zero-order valence-corrected chi connectivity index (χ0v) is 11.1. The lowest BCUT2D eigenvalue weighted by atomic mass is 10.2. The molecule has 15 heavy (non-hydrogen) atoms. The molecule has 0 heterocycles. The molecule has 0 amide bonds.